The van der Waals surface area contributed by atoms with Gasteiger partial charge in [0, 0.05) is 24.8 Å². The van der Waals surface area contributed by atoms with E-state index >= 15 is 0 Å². The number of rotatable bonds is 5. The van der Waals surface area contributed by atoms with Gasteiger partial charge in [0.2, 0.25) is 0 Å². The highest BCUT2D eigenvalue weighted by atomic mass is 35.5. The van der Waals surface area contributed by atoms with Gasteiger partial charge in [0.1, 0.15) is 5.69 Å². The Morgan fingerprint density at radius 3 is 2.67 bits per heavy atom. The molecule has 1 aliphatic heterocycles. The Morgan fingerprint density at radius 1 is 1.20 bits per heavy atom. The number of aromatic nitrogens is 3. The third-order valence-electron chi connectivity index (χ3n) is 5.83. The molecule has 7 heteroatoms. The molecule has 0 unspecified atom stereocenters. The van der Waals surface area contributed by atoms with Crippen molar-refractivity contribution in [3.63, 3.8) is 0 Å². The summed E-state index contributed by atoms with van der Waals surface area (Å²) in [6, 6.07) is 9.40. The second-order valence-corrected chi connectivity index (χ2v) is 8.42. The second-order valence-electron chi connectivity index (χ2n) is 7.98. The third-order valence-corrected chi connectivity index (χ3v) is 6.05. The average Bonchev–Trinajstić information content (AvgIpc) is 3.08. The van der Waals surface area contributed by atoms with Crippen molar-refractivity contribution in [1.82, 2.24) is 19.4 Å². The molecule has 3 aromatic rings. The molecule has 0 saturated carbocycles. The molecule has 0 amide bonds. The van der Waals surface area contributed by atoms with Crippen LogP contribution in [0.25, 0.3) is 11.5 Å². The van der Waals surface area contributed by atoms with E-state index in [4.69, 9.17) is 11.6 Å². The van der Waals surface area contributed by atoms with Gasteiger partial charge in [-0.2, -0.15) is 0 Å². The minimum Gasteiger partial charge on any atom is -0.478 e. The first-order valence-corrected chi connectivity index (χ1v) is 10.5. The standard InChI is InChI=1S/C23H25ClN4O2/c1-15-9-18(11-19(24)10-15)16-4-7-28(8-5-16)14-20-13-26-22(27(20)2)21-12-17(23(29)30)3-6-25-21/h3,6,9-13,16H,4-5,7-8,14H2,1-2H3,(H,29,30). The summed E-state index contributed by atoms with van der Waals surface area (Å²) in [7, 11) is 1.95. The van der Waals surface area contributed by atoms with Gasteiger partial charge in [-0.15, -0.1) is 0 Å². The average molecular weight is 425 g/mol. The Morgan fingerprint density at radius 2 is 1.97 bits per heavy atom. The van der Waals surface area contributed by atoms with E-state index in [9.17, 15) is 9.90 Å². The monoisotopic (exact) mass is 424 g/mol. The van der Waals surface area contributed by atoms with Crippen molar-refractivity contribution in [3.05, 3.63) is 70.1 Å². The van der Waals surface area contributed by atoms with Crippen molar-refractivity contribution < 1.29 is 9.90 Å². The Kier molecular flexibility index (Phi) is 5.88. The fraction of sp³-hybridized carbons (Fsp3) is 0.348. The summed E-state index contributed by atoms with van der Waals surface area (Å²) in [6.45, 7) is 4.93. The SMILES string of the molecule is Cc1cc(Cl)cc(C2CCN(Cc3cnc(-c4cc(C(=O)O)ccn4)n3C)CC2)c1. The predicted molar refractivity (Wildman–Crippen MR) is 117 cm³/mol. The number of carbonyl (C=O) groups is 1. The molecule has 6 nitrogen and oxygen atoms in total. The molecule has 156 valence electrons. The number of aryl methyl sites for hydroxylation is 1. The van der Waals surface area contributed by atoms with Crippen molar-refractivity contribution >= 4 is 17.6 Å². The van der Waals surface area contributed by atoms with Crippen LogP contribution >= 0.6 is 11.6 Å². The van der Waals surface area contributed by atoms with Crippen LogP contribution in [0.1, 0.15) is 45.9 Å². The zero-order valence-electron chi connectivity index (χ0n) is 17.2. The normalized spacial score (nSPS) is 15.4. The molecule has 2 aromatic heterocycles. The van der Waals surface area contributed by atoms with E-state index in [0.717, 1.165) is 43.2 Å². The van der Waals surface area contributed by atoms with Gasteiger partial charge >= 0.3 is 5.97 Å². The molecule has 1 aromatic carbocycles. The summed E-state index contributed by atoms with van der Waals surface area (Å²) in [5.41, 5.74) is 4.42. The number of likely N-dealkylation sites (tertiary alicyclic amines) is 1. The van der Waals surface area contributed by atoms with E-state index in [1.807, 2.05) is 23.9 Å². The van der Waals surface area contributed by atoms with Crippen molar-refractivity contribution in [3.8, 4) is 11.5 Å². The number of halogens is 1. The Labute approximate surface area is 181 Å². The number of hydrogen-bond donors (Lipinski definition) is 1. The molecule has 4 rings (SSSR count). The number of hydrogen-bond acceptors (Lipinski definition) is 4. The maximum atomic E-state index is 11.2. The van der Waals surface area contributed by atoms with Crippen molar-refractivity contribution in [1.29, 1.82) is 0 Å². The first-order valence-electron chi connectivity index (χ1n) is 10.1. The van der Waals surface area contributed by atoms with Crippen LogP contribution in [0, 0.1) is 6.92 Å². The summed E-state index contributed by atoms with van der Waals surface area (Å²) in [5.74, 6) is 0.256. The van der Waals surface area contributed by atoms with Crippen molar-refractivity contribution in [2.24, 2.45) is 7.05 Å². The number of carboxylic acids is 1. The van der Waals surface area contributed by atoms with E-state index in [2.05, 4.69) is 33.9 Å². The molecule has 1 fully saturated rings. The fourth-order valence-corrected chi connectivity index (χ4v) is 4.47. The van der Waals surface area contributed by atoms with Crippen molar-refractivity contribution in [2.45, 2.75) is 32.2 Å². The van der Waals surface area contributed by atoms with Crippen LogP contribution in [-0.4, -0.2) is 43.6 Å². The van der Waals surface area contributed by atoms with E-state index in [1.165, 1.54) is 23.4 Å². The highest BCUT2D eigenvalue weighted by Gasteiger charge is 2.22. The molecular formula is C23H25ClN4O2. The smallest absolute Gasteiger partial charge is 0.335 e. The van der Waals surface area contributed by atoms with Gasteiger partial charge in [0.15, 0.2) is 5.82 Å². The topological polar surface area (TPSA) is 71.2 Å². The number of pyridine rings is 1. The summed E-state index contributed by atoms with van der Waals surface area (Å²) in [4.78, 5) is 22.5. The molecule has 30 heavy (non-hydrogen) atoms. The van der Waals surface area contributed by atoms with Gasteiger partial charge in [0.05, 0.1) is 17.5 Å². The summed E-state index contributed by atoms with van der Waals surface area (Å²) in [6.07, 6.45) is 5.58. The molecule has 0 radical (unpaired) electrons. The van der Waals surface area contributed by atoms with Gasteiger partial charge in [-0.05, 0) is 74.2 Å². The van der Waals surface area contributed by atoms with Crippen molar-refractivity contribution in [2.75, 3.05) is 13.1 Å². The van der Waals surface area contributed by atoms with Gasteiger partial charge in [-0.25, -0.2) is 9.78 Å². The molecule has 0 atom stereocenters. The molecule has 1 saturated heterocycles. The van der Waals surface area contributed by atoms with Crippen LogP contribution < -0.4 is 0 Å². The lowest BCUT2D eigenvalue weighted by Crippen LogP contribution is -2.33. The largest absolute Gasteiger partial charge is 0.478 e. The molecule has 0 aliphatic carbocycles. The zero-order valence-corrected chi connectivity index (χ0v) is 17.9. The highest BCUT2D eigenvalue weighted by Crippen LogP contribution is 2.31. The van der Waals surface area contributed by atoms with E-state index < -0.39 is 5.97 Å². The lowest BCUT2D eigenvalue weighted by atomic mass is 9.88. The third kappa shape index (κ3) is 4.40. The van der Waals surface area contributed by atoms with E-state index in [-0.39, 0.29) is 5.56 Å². The number of imidazole rings is 1. The Bertz CT molecular complexity index is 1050. The van der Waals surface area contributed by atoms with Crippen LogP contribution in [0.3, 0.4) is 0 Å². The number of benzene rings is 1. The summed E-state index contributed by atoms with van der Waals surface area (Å²) >= 11 is 6.24. The van der Waals surface area contributed by atoms with E-state index in [0.29, 0.717) is 17.4 Å². The van der Waals surface area contributed by atoms with Crippen LogP contribution in [0.2, 0.25) is 5.02 Å². The van der Waals surface area contributed by atoms with Crippen LogP contribution in [0.5, 0.6) is 0 Å². The molecule has 3 heterocycles. The van der Waals surface area contributed by atoms with Gasteiger partial charge in [0.25, 0.3) is 0 Å². The minimum atomic E-state index is -0.967. The molecular weight excluding hydrogens is 400 g/mol. The van der Waals surface area contributed by atoms with Crippen LogP contribution in [-0.2, 0) is 13.6 Å². The van der Waals surface area contributed by atoms with Gasteiger partial charge < -0.3 is 9.67 Å². The Hall–Kier alpha value is -2.70. The molecule has 1 aliphatic rings. The fourth-order valence-electron chi connectivity index (χ4n) is 4.17. The summed E-state index contributed by atoms with van der Waals surface area (Å²) in [5, 5.41) is 10.0. The lowest BCUT2D eigenvalue weighted by Gasteiger charge is -2.32. The minimum absolute atomic E-state index is 0.211. The van der Waals surface area contributed by atoms with Crippen LogP contribution in [0.4, 0.5) is 0 Å². The second kappa shape index (κ2) is 8.58. The maximum absolute atomic E-state index is 11.2. The van der Waals surface area contributed by atoms with E-state index in [1.54, 1.807) is 6.07 Å². The summed E-state index contributed by atoms with van der Waals surface area (Å²) < 4.78 is 2.00. The molecule has 0 spiro atoms. The predicted octanol–water partition coefficient (Wildman–Crippen LogP) is 4.52. The maximum Gasteiger partial charge on any atom is 0.335 e. The zero-order chi connectivity index (χ0) is 21.3. The lowest BCUT2D eigenvalue weighted by molar-refractivity contribution is 0.0697. The number of carboxylic acid groups (broad SMARTS) is 1. The number of nitrogens with zero attached hydrogens (tertiary/aromatic N) is 4. The first-order chi connectivity index (χ1) is 14.4. The number of piperidine rings is 1. The van der Waals surface area contributed by atoms with Gasteiger partial charge in [-0.1, -0.05) is 17.7 Å². The molecule has 0 bridgehead atoms. The quantitative estimate of drug-likeness (QED) is 0.651. The van der Waals surface area contributed by atoms with Gasteiger partial charge in [-0.3, -0.25) is 9.88 Å². The number of aromatic carboxylic acids is 1. The molecule has 1 N–H and O–H groups in total. The highest BCUT2D eigenvalue weighted by molar-refractivity contribution is 6.30. The Balaban J connectivity index is 1.43. The van der Waals surface area contributed by atoms with Crippen LogP contribution in [0.15, 0.2) is 42.7 Å². The first kappa shape index (κ1) is 20.6.